The number of benzene rings is 1. The average Bonchev–Trinajstić information content (AvgIpc) is 2.45. The van der Waals surface area contributed by atoms with E-state index in [1.165, 1.54) is 6.07 Å². The van der Waals surface area contributed by atoms with Gasteiger partial charge in [-0.25, -0.2) is 13.6 Å². The number of carbonyl (C=O) groups excluding carboxylic acids is 1. The number of hydrogen-bond donors (Lipinski definition) is 1. The van der Waals surface area contributed by atoms with Gasteiger partial charge in [-0.1, -0.05) is 0 Å². The molecule has 0 amide bonds. The van der Waals surface area contributed by atoms with Crippen molar-refractivity contribution in [2.45, 2.75) is 12.8 Å². The molecule has 0 aromatic heterocycles. The second-order valence-electron chi connectivity index (χ2n) is 5.45. The van der Waals surface area contributed by atoms with Gasteiger partial charge in [0.25, 0.3) is 0 Å². The molecular formula is C15H20F2N2O2. The van der Waals surface area contributed by atoms with Crippen molar-refractivity contribution < 1.29 is 18.3 Å². The van der Waals surface area contributed by atoms with Crippen LogP contribution in [0.25, 0.3) is 0 Å². The number of nitrogens with one attached hydrogen (secondary N) is 1. The van der Waals surface area contributed by atoms with Crippen molar-refractivity contribution in [2.24, 2.45) is 5.92 Å². The van der Waals surface area contributed by atoms with Crippen molar-refractivity contribution in [3.05, 3.63) is 29.3 Å². The highest BCUT2D eigenvalue weighted by Crippen LogP contribution is 2.22. The summed E-state index contributed by atoms with van der Waals surface area (Å²) in [5.74, 6) is -2.02. The maximum atomic E-state index is 13.8. The fourth-order valence-corrected chi connectivity index (χ4v) is 2.64. The van der Waals surface area contributed by atoms with Crippen LogP contribution in [0.2, 0.25) is 0 Å². The summed E-state index contributed by atoms with van der Waals surface area (Å²) < 4.78 is 31.8. The number of nitrogens with zero attached hydrogens (tertiary/aromatic N) is 1. The van der Waals surface area contributed by atoms with Crippen LogP contribution in [0.4, 0.5) is 14.5 Å². The highest BCUT2D eigenvalue weighted by molar-refractivity contribution is 5.90. The maximum absolute atomic E-state index is 13.8. The Morgan fingerprint density at radius 2 is 2.19 bits per heavy atom. The Labute approximate surface area is 123 Å². The summed E-state index contributed by atoms with van der Waals surface area (Å²) in [5, 5.41) is 2.97. The summed E-state index contributed by atoms with van der Waals surface area (Å²) in [6.07, 6.45) is 2.19. The Balaban J connectivity index is 2.07. The van der Waals surface area contributed by atoms with E-state index in [1.807, 2.05) is 0 Å². The SMILES string of the molecule is COC(=O)c1cc(NCC2CCCN(C)C2)c(F)cc1F. The number of anilines is 1. The average molecular weight is 298 g/mol. The Morgan fingerprint density at radius 3 is 2.86 bits per heavy atom. The molecule has 0 aliphatic carbocycles. The third-order valence-corrected chi connectivity index (χ3v) is 3.77. The first-order valence-corrected chi connectivity index (χ1v) is 7.01. The van der Waals surface area contributed by atoms with E-state index in [1.54, 1.807) is 0 Å². The van der Waals surface area contributed by atoms with Gasteiger partial charge in [-0.2, -0.15) is 0 Å². The van der Waals surface area contributed by atoms with Crippen LogP contribution in [-0.4, -0.2) is 44.7 Å². The van der Waals surface area contributed by atoms with Crippen molar-refractivity contribution in [1.82, 2.24) is 4.90 Å². The summed E-state index contributed by atoms with van der Waals surface area (Å²) in [6.45, 7) is 2.61. The molecule has 1 atom stereocenters. The maximum Gasteiger partial charge on any atom is 0.340 e. The van der Waals surface area contributed by atoms with Gasteiger partial charge in [-0.3, -0.25) is 0 Å². The van der Waals surface area contributed by atoms with E-state index in [4.69, 9.17) is 0 Å². The molecule has 0 saturated carbocycles. The number of methoxy groups -OCH3 is 1. The van der Waals surface area contributed by atoms with Crippen LogP contribution >= 0.6 is 0 Å². The smallest absolute Gasteiger partial charge is 0.340 e. The third-order valence-electron chi connectivity index (χ3n) is 3.77. The highest BCUT2D eigenvalue weighted by Gasteiger charge is 2.19. The first-order valence-electron chi connectivity index (χ1n) is 7.01. The van der Waals surface area contributed by atoms with Gasteiger partial charge in [0.15, 0.2) is 0 Å². The number of piperidine rings is 1. The van der Waals surface area contributed by atoms with Crippen LogP contribution in [0.1, 0.15) is 23.2 Å². The van der Waals surface area contributed by atoms with Crippen LogP contribution in [0.15, 0.2) is 12.1 Å². The minimum absolute atomic E-state index is 0.130. The van der Waals surface area contributed by atoms with Crippen LogP contribution in [0.3, 0.4) is 0 Å². The zero-order valence-corrected chi connectivity index (χ0v) is 12.3. The van der Waals surface area contributed by atoms with Crippen LogP contribution in [-0.2, 0) is 4.74 Å². The summed E-state index contributed by atoms with van der Waals surface area (Å²) >= 11 is 0. The van der Waals surface area contributed by atoms with Crippen molar-refractivity contribution >= 4 is 11.7 Å². The predicted molar refractivity (Wildman–Crippen MR) is 76.4 cm³/mol. The largest absolute Gasteiger partial charge is 0.465 e. The summed E-state index contributed by atoms with van der Waals surface area (Å²) in [5.41, 5.74) is -0.132. The van der Waals surface area contributed by atoms with Gasteiger partial charge in [0.05, 0.1) is 18.4 Å². The lowest BCUT2D eigenvalue weighted by molar-refractivity contribution is 0.0595. The van der Waals surface area contributed by atoms with Gasteiger partial charge >= 0.3 is 5.97 Å². The van der Waals surface area contributed by atoms with Crippen molar-refractivity contribution in [3.8, 4) is 0 Å². The van der Waals surface area contributed by atoms with E-state index >= 15 is 0 Å². The number of ether oxygens (including phenoxy) is 1. The highest BCUT2D eigenvalue weighted by atomic mass is 19.1. The molecule has 1 saturated heterocycles. The fraction of sp³-hybridized carbons (Fsp3) is 0.533. The van der Waals surface area contributed by atoms with Gasteiger partial charge in [0, 0.05) is 19.2 Å². The van der Waals surface area contributed by atoms with Gasteiger partial charge in [-0.05, 0) is 38.4 Å². The predicted octanol–water partition coefficient (Wildman–Crippen LogP) is 2.51. The normalized spacial score (nSPS) is 19.3. The number of rotatable bonds is 4. The number of likely N-dealkylation sites (tertiary alicyclic amines) is 1. The first-order chi connectivity index (χ1) is 10.0. The van der Waals surface area contributed by atoms with Crippen LogP contribution in [0, 0.1) is 17.6 Å². The lowest BCUT2D eigenvalue weighted by Gasteiger charge is -2.30. The molecule has 4 nitrogen and oxygen atoms in total. The Kier molecular flexibility index (Phi) is 5.12. The number of hydrogen-bond acceptors (Lipinski definition) is 4. The Hall–Kier alpha value is -1.69. The molecular weight excluding hydrogens is 278 g/mol. The van der Waals surface area contributed by atoms with E-state index in [0.717, 1.165) is 33.0 Å². The molecule has 0 spiro atoms. The Bertz CT molecular complexity index is 523. The van der Waals surface area contributed by atoms with Crippen LogP contribution < -0.4 is 5.32 Å². The fourth-order valence-electron chi connectivity index (χ4n) is 2.64. The topological polar surface area (TPSA) is 41.6 Å². The molecule has 0 bridgehead atoms. The van der Waals surface area contributed by atoms with Gasteiger partial charge in [0.2, 0.25) is 0 Å². The molecule has 1 heterocycles. The summed E-state index contributed by atoms with van der Waals surface area (Å²) in [6, 6.07) is 1.88. The van der Waals surface area contributed by atoms with Crippen LogP contribution in [0.5, 0.6) is 0 Å². The molecule has 2 rings (SSSR count). The Morgan fingerprint density at radius 1 is 1.43 bits per heavy atom. The molecule has 6 heteroatoms. The van der Waals surface area contributed by atoms with E-state index in [2.05, 4.69) is 22.0 Å². The van der Waals surface area contributed by atoms with E-state index in [9.17, 15) is 13.6 Å². The van der Waals surface area contributed by atoms with E-state index in [-0.39, 0.29) is 11.3 Å². The second kappa shape index (κ2) is 6.85. The second-order valence-corrected chi connectivity index (χ2v) is 5.45. The summed E-state index contributed by atoms with van der Waals surface area (Å²) in [4.78, 5) is 13.7. The summed E-state index contributed by atoms with van der Waals surface area (Å²) in [7, 11) is 3.22. The van der Waals surface area contributed by atoms with Gasteiger partial charge in [-0.15, -0.1) is 0 Å². The standard InChI is InChI=1S/C15H20F2N2O2/c1-19-5-3-4-10(9-19)8-18-14-6-11(15(20)21-2)12(16)7-13(14)17/h6-7,10,18H,3-5,8-9H2,1-2H3. The first kappa shape index (κ1) is 15.7. The molecule has 21 heavy (non-hydrogen) atoms. The molecule has 0 radical (unpaired) electrons. The minimum atomic E-state index is -0.915. The minimum Gasteiger partial charge on any atom is -0.465 e. The molecule has 1 aromatic rings. The van der Waals surface area contributed by atoms with E-state index < -0.39 is 17.6 Å². The molecule has 1 unspecified atom stereocenters. The number of esters is 1. The van der Waals surface area contributed by atoms with Crippen molar-refractivity contribution in [2.75, 3.05) is 39.1 Å². The quantitative estimate of drug-likeness (QED) is 0.867. The van der Waals surface area contributed by atoms with E-state index in [0.29, 0.717) is 18.5 Å². The zero-order chi connectivity index (χ0) is 15.4. The number of halogens is 2. The lowest BCUT2D eigenvalue weighted by atomic mass is 9.98. The van der Waals surface area contributed by atoms with Gasteiger partial charge in [0.1, 0.15) is 11.6 Å². The zero-order valence-electron chi connectivity index (χ0n) is 12.3. The molecule has 1 aliphatic rings. The molecule has 1 aliphatic heterocycles. The molecule has 1 N–H and O–H groups in total. The molecule has 1 aromatic carbocycles. The molecule has 116 valence electrons. The van der Waals surface area contributed by atoms with Crippen molar-refractivity contribution in [3.63, 3.8) is 0 Å². The van der Waals surface area contributed by atoms with Crippen molar-refractivity contribution in [1.29, 1.82) is 0 Å². The number of carbonyl (C=O) groups is 1. The monoisotopic (exact) mass is 298 g/mol. The lowest BCUT2D eigenvalue weighted by Crippen LogP contribution is -2.35. The molecule has 1 fully saturated rings. The van der Waals surface area contributed by atoms with Gasteiger partial charge < -0.3 is 15.0 Å². The third kappa shape index (κ3) is 3.91.